The van der Waals surface area contributed by atoms with E-state index >= 15 is 0 Å². The molecule has 0 unspecified atom stereocenters. The molecule has 1 aliphatic rings. The molecule has 100 valence electrons. The van der Waals surface area contributed by atoms with Crippen LogP contribution in [0.15, 0.2) is 18.2 Å². The first-order chi connectivity index (χ1) is 8.90. The van der Waals surface area contributed by atoms with Gasteiger partial charge in [-0.3, -0.25) is 0 Å². The SMILES string of the molecule is CC(C)(C)OC(=O)N[C@@H]1COc2cccc(C#N)c21. The van der Waals surface area contributed by atoms with E-state index < -0.39 is 11.7 Å². The third kappa shape index (κ3) is 2.97. The largest absolute Gasteiger partial charge is 0.491 e. The maximum absolute atomic E-state index is 11.8. The summed E-state index contributed by atoms with van der Waals surface area (Å²) in [5.74, 6) is 0.639. The second kappa shape index (κ2) is 4.81. The van der Waals surface area contributed by atoms with Crippen molar-refractivity contribution in [3.8, 4) is 11.8 Å². The van der Waals surface area contributed by atoms with Gasteiger partial charge in [0.1, 0.15) is 18.0 Å². The molecule has 2 rings (SSSR count). The predicted octanol–water partition coefficient (Wildman–Crippen LogP) is 2.52. The zero-order valence-corrected chi connectivity index (χ0v) is 11.2. The summed E-state index contributed by atoms with van der Waals surface area (Å²) in [6.07, 6.45) is -0.512. The normalized spacial score (nSPS) is 17.1. The van der Waals surface area contributed by atoms with Crippen molar-refractivity contribution in [2.45, 2.75) is 32.4 Å². The molecule has 1 heterocycles. The first-order valence-electron chi connectivity index (χ1n) is 6.06. The Balaban J connectivity index is 2.15. The van der Waals surface area contributed by atoms with E-state index in [0.29, 0.717) is 17.9 Å². The minimum absolute atomic E-state index is 0.313. The van der Waals surface area contributed by atoms with Gasteiger partial charge < -0.3 is 14.8 Å². The van der Waals surface area contributed by atoms with Gasteiger partial charge in [-0.15, -0.1) is 0 Å². The Morgan fingerprint density at radius 2 is 2.26 bits per heavy atom. The van der Waals surface area contributed by atoms with Crippen LogP contribution in [0.25, 0.3) is 0 Å². The summed E-state index contributed by atoms with van der Waals surface area (Å²) in [6, 6.07) is 7.01. The lowest BCUT2D eigenvalue weighted by molar-refractivity contribution is 0.0497. The lowest BCUT2D eigenvalue weighted by Gasteiger charge is -2.21. The van der Waals surface area contributed by atoms with Crippen LogP contribution in [0.1, 0.15) is 37.9 Å². The van der Waals surface area contributed by atoms with Crippen molar-refractivity contribution in [3.63, 3.8) is 0 Å². The van der Waals surface area contributed by atoms with E-state index in [1.54, 1.807) is 39.0 Å². The van der Waals surface area contributed by atoms with Gasteiger partial charge in [-0.25, -0.2) is 4.79 Å². The molecule has 0 aromatic heterocycles. The van der Waals surface area contributed by atoms with Crippen molar-refractivity contribution < 1.29 is 14.3 Å². The van der Waals surface area contributed by atoms with Crippen LogP contribution in [-0.4, -0.2) is 18.3 Å². The summed E-state index contributed by atoms with van der Waals surface area (Å²) < 4.78 is 10.7. The number of nitriles is 1. The number of alkyl carbamates (subject to hydrolysis) is 1. The van der Waals surface area contributed by atoms with Crippen LogP contribution in [0, 0.1) is 11.3 Å². The van der Waals surface area contributed by atoms with Gasteiger partial charge in [0.25, 0.3) is 0 Å². The van der Waals surface area contributed by atoms with Crippen molar-refractivity contribution >= 4 is 6.09 Å². The Morgan fingerprint density at radius 3 is 2.89 bits per heavy atom. The molecule has 0 saturated heterocycles. The van der Waals surface area contributed by atoms with Gasteiger partial charge in [0.15, 0.2) is 0 Å². The lowest BCUT2D eigenvalue weighted by Crippen LogP contribution is -2.35. The molecular formula is C14H16N2O3. The molecule has 1 aliphatic heterocycles. The highest BCUT2D eigenvalue weighted by atomic mass is 16.6. The van der Waals surface area contributed by atoms with Crippen molar-refractivity contribution in [3.05, 3.63) is 29.3 Å². The third-order valence-corrected chi connectivity index (χ3v) is 2.63. The van der Waals surface area contributed by atoms with Crippen molar-refractivity contribution in [1.29, 1.82) is 5.26 Å². The van der Waals surface area contributed by atoms with Crippen molar-refractivity contribution in [2.75, 3.05) is 6.61 Å². The Kier molecular flexibility index (Phi) is 3.34. The second-order valence-corrected chi connectivity index (χ2v) is 5.34. The second-order valence-electron chi connectivity index (χ2n) is 5.34. The molecule has 1 aromatic rings. The number of ether oxygens (including phenoxy) is 2. The molecule has 19 heavy (non-hydrogen) atoms. The molecule has 0 spiro atoms. The first kappa shape index (κ1) is 13.2. The number of fused-ring (bicyclic) bond motifs is 1. The summed E-state index contributed by atoms with van der Waals surface area (Å²) in [7, 11) is 0. The zero-order valence-electron chi connectivity index (χ0n) is 11.2. The monoisotopic (exact) mass is 260 g/mol. The average Bonchev–Trinajstić information content (AvgIpc) is 2.70. The Labute approximate surface area is 112 Å². The number of amides is 1. The third-order valence-electron chi connectivity index (χ3n) is 2.63. The number of benzene rings is 1. The fourth-order valence-electron chi connectivity index (χ4n) is 1.95. The van der Waals surface area contributed by atoms with E-state index in [2.05, 4.69) is 11.4 Å². The molecule has 1 N–H and O–H groups in total. The maximum Gasteiger partial charge on any atom is 0.408 e. The molecule has 0 saturated carbocycles. The number of hydrogen-bond acceptors (Lipinski definition) is 4. The fraction of sp³-hybridized carbons (Fsp3) is 0.429. The van der Waals surface area contributed by atoms with Crippen LogP contribution < -0.4 is 10.1 Å². The van der Waals surface area contributed by atoms with E-state index in [4.69, 9.17) is 14.7 Å². The quantitative estimate of drug-likeness (QED) is 0.842. The number of nitrogens with one attached hydrogen (secondary N) is 1. The van der Waals surface area contributed by atoms with Gasteiger partial charge in [-0.2, -0.15) is 5.26 Å². The minimum Gasteiger partial charge on any atom is -0.491 e. The van der Waals surface area contributed by atoms with E-state index in [0.717, 1.165) is 5.56 Å². The zero-order chi connectivity index (χ0) is 14.0. The number of hydrogen-bond donors (Lipinski definition) is 1. The number of rotatable bonds is 1. The first-order valence-corrected chi connectivity index (χ1v) is 6.06. The van der Waals surface area contributed by atoms with Gasteiger partial charge in [0, 0.05) is 5.56 Å². The Bertz CT molecular complexity index is 541. The molecule has 0 fully saturated rings. The topological polar surface area (TPSA) is 71.3 Å². The highest BCUT2D eigenvalue weighted by Gasteiger charge is 2.29. The van der Waals surface area contributed by atoms with E-state index in [9.17, 15) is 4.79 Å². The van der Waals surface area contributed by atoms with E-state index in [1.165, 1.54) is 0 Å². The molecule has 0 bridgehead atoms. The van der Waals surface area contributed by atoms with Crippen LogP contribution >= 0.6 is 0 Å². The standard InChI is InChI=1S/C14H16N2O3/c1-14(2,3)19-13(17)16-10-8-18-11-6-4-5-9(7-15)12(10)11/h4-6,10H,8H2,1-3H3,(H,16,17)/t10-/m1/s1. The maximum atomic E-state index is 11.8. The molecule has 5 heteroatoms. The number of carbonyl (C=O) groups excluding carboxylic acids is 1. The Hall–Kier alpha value is -2.22. The molecule has 5 nitrogen and oxygen atoms in total. The van der Waals surface area contributed by atoms with Crippen molar-refractivity contribution in [2.24, 2.45) is 0 Å². The summed E-state index contributed by atoms with van der Waals surface area (Å²) in [6.45, 7) is 5.71. The predicted molar refractivity (Wildman–Crippen MR) is 68.8 cm³/mol. The summed E-state index contributed by atoms with van der Waals surface area (Å²) in [5, 5.41) is 11.8. The highest BCUT2D eigenvalue weighted by Crippen LogP contribution is 2.34. The molecule has 0 radical (unpaired) electrons. The molecule has 1 amide bonds. The summed E-state index contributed by atoms with van der Waals surface area (Å²) in [4.78, 5) is 11.8. The van der Waals surface area contributed by atoms with Crippen LogP contribution in [0.2, 0.25) is 0 Å². The van der Waals surface area contributed by atoms with Gasteiger partial charge >= 0.3 is 6.09 Å². The van der Waals surface area contributed by atoms with Gasteiger partial charge in [0.05, 0.1) is 17.7 Å². The average molecular weight is 260 g/mol. The lowest BCUT2D eigenvalue weighted by atomic mass is 10.0. The van der Waals surface area contributed by atoms with E-state index in [1.807, 2.05) is 0 Å². The highest BCUT2D eigenvalue weighted by molar-refractivity contribution is 5.69. The number of carbonyl (C=O) groups is 1. The molecule has 1 aromatic carbocycles. The molecule has 1 atom stereocenters. The van der Waals surface area contributed by atoms with Gasteiger partial charge in [-0.05, 0) is 32.9 Å². The fourth-order valence-corrected chi connectivity index (χ4v) is 1.95. The van der Waals surface area contributed by atoms with Crippen molar-refractivity contribution in [1.82, 2.24) is 5.32 Å². The summed E-state index contributed by atoms with van der Waals surface area (Å²) >= 11 is 0. The molecular weight excluding hydrogens is 244 g/mol. The summed E-state index contributed by atoms with van der Waals surface area (Å²) in [5.41, 5.74) is 0.674. The minimum atomic E-state index is -0.554. The number of nitrogens with zero attached hydrogens (tertiary/aromatic N) is 1. The van der Waals surface area contributed by atoms with Gasteiger partial charge in [-0.1, -0.05) is 6.07 Å². The van der Waals surface area contributed by atoms with Crippen LogP contribution in [0.3, 0.4) is 0 Å². The molecule has 0 aliphatic carbocycles. The van der Waals surface area contributed by atoms with E-state index in [-0.39, 0.29) is 6.04 Å². The Morgan fingerprint density at radius 1 is 1.53 bits per heavy atom. The smallest absolute Gasteiger partial charge is 0.408 e. The van der Waals surface area contributed by atoms with Gasteiger partial charge in [0.2, 0.25) is 0 Å². The van der Waals surface area contributed by atoms with Crippen LogP contribution in [0.4, 0.5) is 4.79 Å². The van der Waals surface area contributed by atoms with Crippen LogP contribution in [0.5, 0.6) is 5.75 Å². The van der Waals surface area contributed by atoms with Crippen LogP contribution in [-0.2, 0) is 4.74 Å².